The van der Waals surface area contributed by atoms with Gasteiger partial charge in [0.05, 0.1) is 22.8 Å². The standard InChI is InChI=1S/C17H20N4O2/c18-14(10-5-7-23-8-6-10)16-17-15(20-13(9-22)21-17)11-3-1-2-4-12(11)19-16/h1-4,10,14,22H,5-9,18H2,(H,20,21). The molecule has 0 saturated carbocycles. The van der Waals surface area contributed by atoms with Crippen LogP contribution < -0.4 is 5.73 Å². The summed E-state index contributed by atoms with van der Waals surface area (Å²) in [6.45, 7) is 1.37. The van der Waals surface area contributed by atoms with Crippen LogP contribution in [0.5, 0.6) is 0 Å². The number of ether oxygens (including phenoxy) is 1. The van der Waals surface area contributed by atoms with Crippen LogP contribution in [0.1, 0.15) is 30.4 Å². The van der Waals surface area contributed by atoms with E-state index in [4.69, 9.17) is 15.5 Å². The molecule has 120 valence electrons. The Kier molecular flexibility index (Phi) is 3.72. The van der Waals surface area contributed by atoms with Gasteiger partial charge in [0.15, 0.2) is 0 Å². The van der Waals surface area contributed by atoms with E-state index in [1.54, 1.807) is 0 Å². The maximum absolute atomic E-state index is 9.43. The second kappa shape index (κ2) is 5.88. The minimum absolute atomic E-state index is 0.130. The summed E-state index contributed by atoms with van der Waals surface area (Å²) in [6.07, 6.45) is 1.88. The molecular formula is C17H20N4O2. The highest BCUT2D eigenvalue weighted by atomic mass is 16.5. The number of aromatic nitrogens is 3. The molecule has 1 saturated heterocycles. The summed E-state index contributed by atoms with van der Waals surface area (Å²) in [5.41, 5.74) is 9.91. The van der Waals surface area contributed by atoms with Gasteiger partial charge in [0.25, 0.3) is 0 Å². The molecule has 1 aliphatic heterocycles. The number of pyridine rings is 1. The number of hydrogen-bond acceptors (Lipinski definition) is 5. The molecule has 3 aromatic rings. The van der Waals surface area contributed by atoms with Crippen molar-refractivity contribution in [2.75, 3.05) is 13.2 Å². The Morgan fingerprint density at radius 1 is 1.26 bits per heavy atom. The quantitative estimate of drug-likeness (QED) is 0.687. The van der Waals surface area contributed by atoms with E-state index in [1.807, 2.05) is 24.3 Å². The molecule has 4 N–H and O–H groups in total. The Bertz CT molecular complexity index is 839. The third-order valence-electron chi connectivity index (χ3n) is 4.65. The van der Waals surface area contributed by atoms with Crippen LogP contribution in [0.3, 0.4) is 0 Å². The van der Waals surface area contributed by atoms with Crippen molar-refractivity contribution < 1.29 is 9.84 Å². The van der Waals surface area contributed by atoms with E-state index < -0.39 is 0 Å². The van der Waals surface area contributed by atoms with Crippen LogP contribution in [0.25, 0.3) is 21.9 Å². The lowest BCUT2D eigenvalue weighted by atomic mass is 9.89. The Morgan fingerprint density at radius 2 is 2.04 bits per heavy atom. The first-order valence-electron chi connectivity index (χ1n) is 7.99. The van der Waals surface area contributed by atoms with E-state index in [-0.39, 0.29) is 12.6 Å². The molecule has 6 heteroatoms. The number of benzene rings is 1. The Balaban J connectivity index is 1.90. The highest BCUT2D eigenvalue weighted by Crippen LogP contribution is 2.33. The van der Waals surface area contributed by atoms with Gasteiger partial charge >= 0.3 is 0 Å². The molecule has 6 nitrogen and oxygen atoms in total. The minimum atomic E-state index is -0.180. The molecule has 4 rings (SSSR count). The summed E-state index contributed by atoms with van der Waals surface area (Å²) < 4.78 is 5.43. The third kappa shape index (κ3) is 2.49. The van der Waals surface area contributed by atoms with Crippen LogP contribution in [0, 0.1) is 5.92 Å². The molecule has 3 heterocycles. The fourth-order valence-electron chi connectivity index (χ4n) is 3.37. The fourth-order valence-corrected chi connectivity index (χ4v) is 3.37. The van der Waals surface area contributed by atoms with Gasteiger partial charge in [-0.3, -0.25) is 0 Å². The molecule has 2 aromatic heterocycles. The second-order valence-corrected chi connectivity index (χ2v) is 6.05. The smallest absolute Gasteiger partial charge is 0.133 e. The molecule has 1 aromatic carbocycles. The number of nitrogens with zero attached hydrogens (tertiary/aromatic N) is 2. The normalized spacial score (nSPS) is 17.8. The van der Waals surface area contributed by atoms with Crippen LogP contribution in [-0.2, 0) is 11.3 Å². The predicted octanol–water partition coefficient (Wildman–Crippen LogP) is 2.03. The number of nitrogens with one attached hydrogen (secondary N) is 1. The number of para-hydroxylation sites is 1. The predicted molar refractivity (Wildman–Crippen MR) is 87.8 cm³/mol. The Morgan fingerprint density at radius 3 is 2.83 bits per heavy atom. The van der Waals surface area contributed by atoms with Gasteiger partial charge in [0.2, 0.25) is 0 Å². The number of aliphatic hydroxyl groups is 1. The molecule has 1 fully saturated rings. The molecular weight excluding hydrogens is 292 g/mol. The summed E-state index contributed by atoms with van der Waals surface area (Å²) >= 11 is 0. The molecule has 23 heavy (non-hydrogen) atoms. The van der Waals surface area contributed by atoms with Gasteiger partial charge in [-0.2, -0.15) is 0 Å². The largest absolute Gasteiger partial charge is 0.388 e. The van der Waals surface area contributed by atoms with Gasteiger partial charge in [0.1, 0.15) is 17.9 Å². The van der Waals surface area contributed by atoms with E-state index in [0.717, 1.165) is 53.7 Å². The minimum Gasteiger partial charge on any atom is -0.388 e. The molecule has 0 radical (unpaired) electrons. The zero-order valence-corrected chi connectivity index (χ0v) is 12.8. The first-order chi connectivity index (χ1) is 11.3. The number of imidazole rings is 1. The van der Waals surface area contributed by atoms with E-state index >= 15 is 0 Å². The Labute approximate surface area is 133 Å². The zero-order valence-electron chi connectivity index (χ0n) is 12.8. The van der Waals surface area contributed by atoms with Crippen molar-refractivity contribution in [3.8, 4) is 0 Å². The van der Waals surface area contributed by atoms with Crippen LogP contribution in [-0.4, -0.2) is 33.3 Å². The highest BCUT2D eigenvalue weighted by molar-refractivity contribution is 6.03. The number of H-pyrrole nitrogens is 1. The summed E-state index contributed by atoms with van der Waals surface area (Å²) in [7, 11) is 0. The number of hydrogen-bond donors (Lipinski definition) is 3. The van der Waals surface area contributed by atoms with Crippen molar-refractivity contribution in [2.24, 2.45) is 11.7 Å². The molecule has 1 unspecified atom stereocenters. The van der Waals surface area contributed by atoms with Gasteiger partial charge in [-0.1, -0.05) is 18.2 Å². The van der Waals surface area contributed by atoms with Crippen molar-refractivity contribution in [1.82, 2.24) is 15.0 Å². The average molecular weight is 312 g/mol. The average Bonchev–Trinajstić information content (AvgIpc) is 3.06. The van der Waals surface area contributed by atoms with Crippen molar-refractivity contribution >= 4 is 21.9 Å². The number of aromatic amines is 1. The monoisotopic (exact) mass is 312 g/mol. The number of fused-ring (bicyclic) bond motifs is 3. The molecule has 0 spiro atoms. The van der Waals surface area contributed by atoms with E-state index in [0.29, 0.717) is 11.7 Å². The van der Waals surface area contributed by atoms with Gasteiger partial charge in [-0.25, -0.2) is 9.97 Å². The molecule has 1 atom stereocenters. The third-order valence-corrected chi connectivity index (χ3v) is 4.65. The first-order valence-corrected chi connectivity index (χ1v) is 7.99. The lowest BCUT2D eigenvalue weighted by Crippen LogP contribution is -2.28. The van der Waals surface area contributed by atoms with Crippen LogP contribution in [0.2, 0.25) is 0 Å². The van der Waals surface area contributed by atoms with Crippen molar-refractivity contribution in [3.05, 3.63) is 35.8 Å². The second-order valence-electron chi connectivity index (χ2n) is 6.05. The van der Waals surface area contributed by atoms with E-state index in [9.17, 15) is 5.11 Å². The fraction of sp³-hybridized carbons (Fsp3) is 0.412. The van der Waals surface area contributed by atoms with Gasteiger partial charge in [-0.15, -0.1) is 0 Å². The summed E-state index contributed by atoms with van der Waals surface area (Å²) in [5.74, 6) is 0.883. The maximum atomic E-state index is 9.43. The van der Waals surface area contributed by atoms with E-state index in [2.05, 4.69) is 9.97 Å². The van der Waals surface area contributed by atoms with Crippen LogP contribution in [0.4, 0.5) is 0 Å². The molecule has 0 bridgehead atoms. The van der Waals surface area contributed by atoms with Crippen molar-refractivity contribution in [3.63, 3.8) is 0 Å². The summed E-state index contributed by atoms with van der Waals surface area (Å²) in [6, 6.07) is 7.75. The van der Waals surface area contributed by atoms with Crippen LogP contribution >= 0.6 is 0 Å². The maximum Gasteiger partial charge on any atom is 0.133 e. The number of rotatable bonds is 3. The Hall–Kier alpha value is -2.02. The SMILES string of the molecule is NC(c1nc2ccccc2c2[nH]c(CO)nc12)C1CCOCC1. The lowest BCUT2D eigenvalue weighted by molar-refractivity contribution is 0.0581. The highest BCUT2D eigenvalue weighted by Gasteiger charge is 2.26. The van der Waals surface area contributed by atoms with Gasteiger partial charge in [-0.05, 0) is 24.8 Å². The zero-order chi connectivity index (χ0) is 15.8. The molecule has 1 aliphatic rings. The first kappa shape index (κ1) is 14.6. The topological polar surface area (TPSA) is 97.0 Å². The van der Waals surface area contributed by atoms with Gasteiger partial charge in [0, 0.05) is 18.6 Å². The van der Waals surface area contributed by atoms with Crippen LogP contribution in [0.15, 0.2) is 24.3 Å². The number of nitrogens with two attached hydrogens (primary N) is 1. The number of aliphatic hydroxyl groups excluding tert-OH is 1. The molecule has 0 amide bonds. The van der Waals surface area contributed by atoms with Gasteiger partial charge < -0.3 is 20.6 Å². The summed E-state index contributed by atoms with van der Waals surface area (Å²) in [4.78, 5) is 12.5. The van der Waals surface area contributed by atoms with Crippen molar-refractivity contribution in [1.29, 1.82) is 0 Å². The lowest BCUT2D eigenvalue weighted by Gasteiger charge is -2.27. The summed E-state index contributed by atoms with van der Waals surface area (Å²) in [5, 5.41) is 10.4. The molecule has 0 aliphatic carbocycles. The van der Waals surface area contributed by atoms with Crippen molar-refractivity contribution in [2.45, 2.75) is 25.5 Å². The van der Waals surface area contributed by atoms with E-state index in [1.165, 1.54) is 0 Å².